The van der Waals surface area contributed by atoms with Crippen LogP contribution in [0.3, 0.4) is 0 Å². The van der Waals surface area contributed by atoms with Gasteiger partial charge in [-0.15, -0.1) is 0 Å². The van der Waals surface area contributed by atoms with Gasteiger partial charge >= 0.3 is 0 Å². The summed E-state index contributed by atoms with van der Waals surface area (Å²) in [5, 5.41) is 18.5. The van der Waals surface area contributed by atoms with Gasteiger partial charge in [-0.25, -0.2) is 23.9 Å². The van der Waals surface area contributed by atoms with Crippen molar-refractivity contribution < 1.29 is 22.6 Å². The third-order valence-corrected chi connectivity index (χ3v) is 5.23. The number of hydrogen-bond donors (Lipinski definition) is 5. The lowest BCUT2D eigenvalue weighted by atomic mass is 9.38. The van der Waals surface area contributed by atoms with Crippen LogP contribution in [-0.2, 0) is 10.2 Å². The number of anilines is 1. The van der Waals surface area contributed by atoms with Crippen LogP contribution in [0.2, 0.25) is 0 Å². The van der Waals surface area contributed by atoms with Crippen molar-refractivity contribution >= 4 is 115 Å². The Morgan fingerprint density at radius 2 is 1.72 bits per heavy atom. The Balaban J connectivity index is 2.53. The van der Waals surface area contributed by atoms with Crippen LogP contribution in [0.1, 0.15) is 5.69 Å². The number of hydrogen-bond acceptors (Lipinski definition) is 8. The van der Waals surface area contributed by atoms with Crippen LogP contribution in [0, 0.1) is 5.82 Å². The Morgan fingerprint density at radius 1 is 1.12 bits per heavy atom. The molecule has 0 fully saturated rings. The van der Waals surface area contributed by atoms with Crippen LogP contribution in [0.5, 0.6) is 0 Å². The van der Waals surface area contributed by atoms with Crippen LogP contribution in [-0.4, -0.2) is 95.4 Å². The predicted octanol–water partition coefficient (Wildman–Crippen LogP) is -5.40. The molecule has 6 N–H and O–H groups in total. The number of nitrogens with one attached hydrogen (secondary N) is 3. The Morgan fingerprint density at radius 3 is 2.25 bits per heavy atom. The number of nitrogens with zero attached hydrogens (tertiary/aromatic N) is 3. The molecule has 32 heavy (non-hydrogen) atoms. The van der Waals surface area contributed by atoms with E-state index in [0.717, 1.165) is 0 Å². The molecule has 0 amide bonds. The van der Waals surface area contributed by atoms with E-state index in [1.807, 2.05) is 0 Å². The normalized spacial score (nSPS) is 13.2. The summed E-state index contributed by atoms with van der Waals surface area (Å²) in [6.07, 6.45) is 0. The molecule has 0 atom stereocenters. The molecule has 2 rings (SSSR count). The van der Waals surface area contributed by atoms with E-state index in [4.69, 9.17) is 60.1 Å². The predicted molar refractivity (Wildman–Crippen MR) is 124 cm³/mol. The fourth-order valence-corrected chi connectivity index (χ4v) is 3.18. The number of nitrogens with two attached hydrogens (primary N) is 1. The van der Waals surface area contributed by atoms with E-state index in [1.165, 1.54) is 0 Å². The van der Waals surface area contributed by atoms with Gasteiger partial charge in [0, 0.05) is 4.47 Å². The number of hydroxylamine groups is 1. The highest BCUT2D eigenvalue weighted by molar-refractivity contribution is 9.10. The fourth-order valence-electron chi connectivity index (χ4n) is 2.14. The van der Waals surface area contributed by atoms with Gasteiger partial charge in [0.1, 0.15) is 29.4 Å². The molecule has 0 bridgehead atoms. The van der Waals surface area contributed by atoms with E-state index >= 15 is 0 Å². The highest BCUT2D eigenvalue weighted by Crippen LogP contribution is 2.21. The summed E-state index contributed by atoms with van der Waals surface area (Å²) in [6, 6.07) is 0. The van der Waals surface area contributed by atoms with Crippen molar-refractivity contribution in [3.05, 3.63) is 16.0 Å². The number of rotatable bonds is 7. The second-order valence-electron chi connectivity index (χ2n) is 6.26. The molecule has 14 radical (unpaired) electrons. The molecular weight excluding hydrogens is 501 g/mol. The highest BCUT2D eigenvalue weighted by atomic mass is 79.9. The molecule has 21 heteroatoms. The smallest absolute Gasteiger partial charge is 0.273 e. The van der Waals surface area contributed by atoms with Crippen molar-refractivity contribution in [1.29, 1.82) is 0 Å². The molecule has 0 saturated carbocycles. The molecule has 11 nitrogen and oxygen atoms in total. The zero-order valence-electron chi connectivity index (χ0n) is 15.8. The van der Waals surface area contributed by atoms with E-state index in [-0.39, 0.29) is 21.1 Å². The summed E-state index contributed by atoms with van der Waals surface area (Å²) >= 11 is 2.90. The lowest BCUT2D eigenvalue weighted by Gasteiger charge is -2.44. The molecule has 0 aliphatic heterocycles. The molecule has 0 spiro atoms. The van der Waals surface area contributed by atoms with Crippen molar-refractivity contribution in [2.75, 3.05) is 5.32 Å². The van der Waals surface area contributed by atoms with Crippen molar-refractivity contribution in [1.82, 2.24) is 20.5 Å². The fraction of sp³-hybridized carbons (Fsp3) is 0.182. The maximum Gasteiger partial charge on any atom is 0.273 e. The molecule has 0 saturated heterocycles. The zero-order chi connectivity index (χ0) is 24.6. The van der Waals surface area contributed by atoms with Crippen LogP contribution < -0.4 is 37.0 Å². The monoisotopic (exact) mass is 507 g/mol. The van der Waals surface area contributed by atoms with E-state index < -0.39 is 49.5 Å². The van der Waals surface area contributed by atoms with Gasteiger partial charge in [-0.1, -0.05) is 16.4 Å². The summed E-state index contributed by atoms with van der Waals surface area (Å²) < 4.78 is 42.4. The molecule has 0 aliphatic carbocycles. The van der Waals surface area contributed by atoms with Gasteiger partial charge in [-0.3, -0.25) is 10.7 Å². The maximum atomic E-state index is 14.0. The first kappa shape index (κ1) is 26.6. The summed E-state index contributed by atoms with van der Waals surface area (Å²) in [5.74, 6) is -1.90. The molecule has 150 valence electrons. The Kier molecular flexibility index (Phi) is 7.71. The van der Waals surface area contributed by atoms with Crippen LogP contribution in [0.4, 0.5) is 15.9 Å². The van der Waals surface area contributed by atoms with Crippen molar-refractivity contribution in [2.24, 2.45) is 10.1 Å². The number of aliphatic imine (C=N–C) groups is 1. The third-order valence-electron chi connectivity index (χ3n) is 3.83. The summed E-state index contributed by atoms with van der Waals surface area (Å²) in [5.41, 5.74) is -0.122. The second-order valence-corrected chi connectivity index (χ2v) is 8.35. The average molecular weight is 507 g/mol. The maximum absolute atomic E-state index is 14.0. The minimum absolute atomic E-state index is 0.245. The zero-order valence-corrected chi connectivity index (χ0v) is 18.2. The van der Waals surface area contributed by atoms with E-state index in [1.54, 1.807) is 10.2 Å². The first-order valence-electron chi connectivity index (χ1n) is 7.91. The summed E-state index contributed by atoms with van der Waals surface area (Å²) in [7, 11) is 35.4. The quantitative estimate of drug-likeness (QED) is 0.107. The van der Waals surface area contributed by atoms with Crippen LogP contribution in [0.25, 0.3) is 0 Å². The largest absolute Gasteiger partial charge is 0.377 e. The molecule has 1 heterocycles. The lowest BCUT2D eigenvalue weighted by molar-refractivity contribution is 0.234. The van der Waals surface area contributed by atoms with Gasteiger partial charge < -0.3 is 5.32 Å². The van der Waals surface area contributed by atoms with Crippen molar-refractivity contribution in [3.8, 4) is 0 Å². The lowest BCUT2D eigenvalue weighted by Crippen LogP contribution is -2.70. The highest BCUT2D eigenvalue weighted by Gasteiger charge is 2.38. The van der Waals surface area contributed by atoms with Crippen molar-refractivity contribution in [2.45, 2.75) is 10.7 Å². The van der Waals surface area contributed by atoms with Gasteiger partial charge in [0.15, 0.2) is 11.5 Å². The minimum Gasteiger partial charge on any atom is -0.377 e. The van der Waals surface area contributed by atoms with Gasteiger partial charge in [0.2, 0.25) is 5.82 Å². The van der Waals surface area contributed by atoms with Crippen LogP contribution in [0.15, 0.2) is 14.1 Å². The second kappa shape index (κ2) is 9.29. The number of halogens is 2. The van der Waals surface area contributed by atoms with Gasteiger partial charge in [-0.05, 0) is 36.9 Å². The standard InChI is InChI=1S/C11H6B7BrFN7O4S/c12-1-2(13)6(3(14)4(19)5(1)20)22-8(24-28)7-9(26-31-25-7)23-10(15,16)11(17,18)27-32(21,29)30/h27-28H,(H,22,24)(H,23,26)(H2,21,29,30). The summed E-state index contributed by atoms with van der Waals surface area (Å²) in [6.45, 7) is 0. The molecule has 0 unspecified atom stereocenters. The third kappa shape index (κ3) is 5.44. The topological polar surface area (TPSA) is 168 Å². The van der Waals surface area contributed by atoms with Gasteiger partial charge in [0.25, 0.3) is 10.2 Å². The summed E-state index contributed by atoms with van der Waals surface area (Å²) in [4.78, 5) is 3.94. The number of benzene rings is 1. The minimum atomic E-state index is -4.45. The van der Waals surface area contributed by atoms with E-state index in [2.05, 4.69) is 41.2 Å². The van der Waals surface area contributed by atoms with E-state index in [0.29, 0.717) is 0 Å². The molecule has 1 aromatic carbocycles. The van der Waals surface area contributed by atoms with Gasteiger partial charge in [0.05, 0.1) is 37.1 Å². The Bertz CT molecular complexity index is 1150. The molecule has 2 aromatic rings. The molecule has 1 aromatic heterocycles. The van der Waals surface area contributed by atoms with Crippen molar-refractivity contribution in [3.63, 3.8) is 0 Å². The first-order valence-corrected chi connectivity index (χ1v) is 10.2. The average Bonchev–Trinajstić information content (AvgIpc) is 3.10. The number of aromatic nitrogens is 2. The number of amidine groups is 1. The SMILES string of the molecule is [B]c1c([B])c(N=C(NO)c2nonc2NC([B])([B])C([B])([B])NS(N)(=O)=O)c([B])c(Br)c1F. The first-order chi connectivity index (χ1) is 14.5. The Hall–Kier alpha value is -1.68. The van der Waals surface area contributed by atoms with E-state index in [9.17, 15) is 18.0 Å². The van der Waals surface area contributed by atoms with Crippen LogP contribution >= 0.6 is 15.9 Å². The van der Waals surface area contributed by atoms with Gasteiger partial charge in [-0.2, -0.15) is 8.42 Å². The molecular formula is C11H6B7BrFN7O4S. The molecule has 0 aliphatic rings. The Labute approximate surface area is 199 Å².